The van der Waals surface area contributed by atoms with Crippen LogP contribution in [0.1, 0.15) is 43.4 Å². The number of hydrogen-bond acceptors (Lipinski definition) is 4. The summed E-state index contributed by atoms with van der Waals surface area (Å²) in [6.45, 7) is 3.95. The number of benzene rings is 3. The van der Waals surface area contributed by atoms with Gasteiger partial charge in [0.15, 0.2) is 0 Å². The van der Waals surface area contributed by atoms with Gasteiger partial charge in [-0.2, -0.15) is 0 Å². The van der Waals surface area contributed by atoms with Gasteiger partial charge in [-0.15, -0.1) is 0 Å². The van der Waals surface area contributed by atoms with Gasteiger partial charge in [0.25, 0.3) is 17.7 Å². The van der Waals surface area contributed by atoms with E-state index >= 15 is 0 Å². The summed E-state index contributed by atoms with van der Waals surface area (Å²) in [7, 11) is 1.58. The van der Waals surface area contributed by atoms with Gasteiger partial charge in [0, 0.05) is 5.69 Å². The Kier molecular flexibility index (Phi) is 4.59. The lowest BCUT2D eigenvalue weighted by Crippen LogP contribution is -2.67. The van der Waals surface area contributed by atoms with E-state index in [1.807, 2.05) is 56.3 Å². The molecule has 0 N–H and O–H groups in total. The fourth-order valence-corrected chi connectivity index (χ4v) is 4.69. The molecule has 0 saturated carbocycles. The Labute approximate surface area is 186 Å². The van der Waals surface area contributed by atoms with Crippen LogP contribution in [0.3, 0.4) is 0 Å². The van der Waals surface area contributed by atoms with E-state index in [1.165, 1.54) is 0 Å². The Bertz CT molecular complexity index is 1250. The molecule has 2 aliphatic heterocycles. The van der Waals surface area contributed by atoms with Crippen LogP contribution in [0.4, 0.5) is 5.69 Å². The molecule has 5 rings (SSSR count). The smallest absolute Gasteiger partial charge is 0.262 e. The molecule has 3 aromatic rings. The van der Waals surface area contributed by atoms with Crippen LogP contribution in [-0.2, 0) is 4.79 Å². The van der Waals surface area contributed by atoms with Gasteiger partial charge in [0.05, 0.1) is 24.3 Å². The molecule has 1 fully saturated rings. The van der Waals surface area contributed by atoms with Crippen LogP contribution >= 0.6 is 0 Å². The topological polar surface area (TPSA) is 66.9 Å². The normalized spacial score (nSPS) is 19.8. The first-order chi connectivity index (χ1) is 15.4. The predicted octanol–water partition coefficient (Wildman–Crippen LogP) is 4.06. The molecule has 32 heavy (non-hydrogen) atoms. The molecule has 0 radical (unpaired) electrons. The minimum Gasteiger partial charge on any atom is -0.497 e. The summed E-state index contributed by atoms with van der Waals surface area (Å²) in [5.41, 5.74) is 4.27. The second kappa shape index (κ2) is 7.34. The third-order valence-electron chi connectivity index (χ3n) is 6.22. The zero-order valence-electron chi connectivity index (χ0n) is 18.0. The van der Waals surface area contributed by atoms with Crippen molar-refractivity contribution >= 4 is 23.4 Å². The van der Waals surface area contributed by atoms with Gasteiger partial charge in [0.2, 0.25) is 0 Å². The number of nitrogens with zero attached hydrogens (tertiary/aromatic N) is 2. The molecule has 2 heterocycles. The van der Waals surface area contributed by atoms with Crippen molar-refractivity contribution in [3.05, 3.63) is 94.5 Å². The Hall–Kier alpha value is -3.93. The number of hydrogen-bond donors (Lipinski definition) is 0. The molecule has 1 saturated heterocycles. The average molecular weight is 426 g/mol. The minimum atomic E-state index is -0.921. The quantitative estimate of drug-likeness (QED) is 0.466. The Morgan fingerprint density at radius 2 is 1.44 bits per heavy atom. The standard InChI is InChI=1S/C26H22N2O4/c1-15-11-12-21(16(2)13-15)27-22(17-7-6-8-18(14-17)32-3)23(26(27)31)28-24(29)19-9-4-5-10-20(19)25(28)30/h4-14,22-23H,1-3H3/t22-,23+/m1/s1. The zero-order valence-corrected chi connectivity index (χ0v) is 18.0. The summed E-state index contributed by atoms with van der Waals surface area (Å²) in [6.07, 6.45) is 0. The maximum Gasteiger partial charge on any atom is 0.262 e. The van der Waals surface area contributed by atoms with Crippen LogP contribution in [0.25, 0.3) is 0 Å². The van der Waals surface area contributed by atoms with Gasteiger partial charge < -0.3 is 9.64 Å². The molecule has 6 heteroatoms. The number of β-lactam (4-membered cyclic amide) rings is 1. The molecule has 3 aromatic carbocycles. The average Bonchev–Trinajstić information content (AvgIpc) is 3.04. The van der Waals surface area contributed by atoms with Gasteiger partial charge in [-0.3, -0.25) is 19.3 Å². The summed E-state index contributed by atoms with van der Waals surface area (Å²) in [6, 6.07) is 18.5. The molecular formula is C26H22N2O4. The van der Waals surface area contributed by atoms with E-state index in [4.69, 9.17) is 4.74 Å². The van der Waals surface area contributed by atoms with E-state index in [1.54, 1.807) is 36.3 Å². The van der Waals surface area contributed by atoms with Crippen molar-refractivity contribution in [1.29, 1.82) is 0 Å². The van der Waals surface area contributed by atoms with Crippen LogP contribution < -0.4 is 9.64 Å². The Morgan fingerprint density at radius 3 is 2.06 bits per heavy atom. The van der Waals surface area contributed by atoms with Gasteiger partial charge in [-0.1, -0.05) is 42.0 Å². The lowest BCUT2D eigenvalue weighted by Gasteiger charge is -2.50. The van der Waals surface area contributed by atoms with Gasteiger partial charge in [0.1, 0.15) is 11.8 Å². The van der Waals surface area contributed by atoms with Crippen LogP contribution in [0, 0.1) is 13.8 Å². The maximum absolute atomic E-state index is 13.5. The molecule has 160 valence electrons. The molecular weight excluding hydrogens is 404 g/mol. The highest BCUT2D eigenvalue weighted by atomic mass is 16.5. The molecule has 0 aromatic heterocycles. The SMILES string of the molecule is COc1cccc([C@@H]2[C@H](N3C(=O)c4ccccc4C3=O)C(=O)N2c2ccc(C)cc2C)c1. The van der Waals surface area contributed by atoms with Crippen LogP contribution in [0.5, 0.6) is 5.75 Å². The number of carbonyl (C=O) groups is 3. The lowest BCUT2D eigenvalue weighted by atomic mass is 9.85. The Morgan fingerprint density at radius 1 is 0.750 bits per heavy atom. The summed E-state index contributed by atoms with van der Waals surface area (Å²) in [5, 5.41) is 0. The lowest BCUT2D eigenvalue weighted by molar-refractivity contribution is -0.130. The number of imide groups is 1. The fourth-order valence-electron chi connectivity index (χ4n) is 4.69. The molecule has 2 atom stereocenters. The second-order valence-corrected chi connectivity index (χ2v) is 8.19. The molecule has 6 nitrogen and oxygen atoms in total. The van der Waals surface area contributed by atoms with E-state index in [2.05, 4.69) is 0 Å². The van der Waals surface area contributed by atoms with Crippen molar-refractivity contribution in [3.63, 3.8) is 0 Å². The first-order valence-corrected chi connectivity index (χ1v) is 10.4. The Balaban J connectivity index is 1.62. The van der Waals surface area contributed by atoms with E-state index in [0.29, 0.717) is 16.9 Å². The molecule has 0 spiro atoms. The van der Waals surface area contributed by atoms with E-state index < -0.39 is 23.9 Å². The van der Waals surface area contributed by atoms with Crippen molar-refractivity contribution in [3.8, 4) is 5.75 Å². The first-order valence-electron chi connectivity index (χ1n) is 10.4. The number of fused-ring (bicyclic) bond motifs is 1. The highest BCUT2D eigenvalue weighted by Crippen LogP contribution is 2.45. The van der Waals surface area contributed by atoms with Crippen LogP contribution in [-0.4, -0.2) is 35.8 Å². The van der Waals surface area contributed by atoms with Crippen molar-refractivity contribution in [2.45, 2.75) is 25.9 Å². The van der Waals surface area contributed by atoms with Gasteiger partial charge >= 0.3 is 0 Å². The minimum absolute atomic E-state index is 0.278. The number of anilines is 1. The third kappa shape index (κ3) is 2.83. The van der Waals surface area contributed by atoms with Crippen molar-refractivity contribution in [2.24, 2.45) is 0 Å². The number of methoxy groups -OCH3 is 1. The zero-order chi connectivity index (χ0) is 22.6. The van der Waals surface area contributed by atoms with Gasteiger partial charge in [-0.05, 0) is 55.3 Å². The van der Waals surface area contributed by atoms with Gasteiger partial charge in [-0.25, -0.2) is 0 Å². The summed E-state index contributed by atoms with van der Waals surface area (Å²) in [4.78, 5) is 42.6. The van der Waals surface area contributed by atoms with Crippen LogP contribution in [0.2, 0.25) is 0 Å². The highest BCUT2D eigenvalue weighted by molar-refractivity contribution is 6.24. The fraction of sp³-hybridized carbons (Fsp3) is 0.192. The summed E-state index contributed by atoms with van der Waals surface area (Å²) >= 11 is 0. The first kappa shape index (κ1) is 20.0. The monoisotopic (exact) mass is 426 g/mol. The molecule has 0 bridgehead atoms. The number of aryl methyl sites for hydroxylation is 2. The molecule has 2 aliphatic rings. The van der Waals surface area contributed by atoms with E-state index in [9.17, 15) is 14.4 Å². The third-order valence-corrected chi connectivity index (χ3v) is 6.22. The van der Waals surface area contributed by atoms with Crippen molar-refractivity contribution in [1.82, 2.24) is 4.90 Å². The number of rotatable bonds is 4. The second-order valence-electron chi connectivity index (χ2n) is 8.19. The van der Waals surface area contributed by atoms with Crippen molar-refractivity contribution < 1.29 is 19.1 Å². The number of amides is 3. The van der Waals surface area contributed by atoms with Crippen molar-refractivity contribution in [2.75, 3.05) is 12.0 Å². The van der Waals surface area contributed by atoms with E-state index in [-0.39, 0.29) is 5.91 Å². The molecule has 3 amide bonds. The number of carbonyl (C=O) groups excluding carboxylic acids is 3. The highest BCUT2D eigenvalue weighted by Gasteiger charge is 2.57. The van der Waals surface area contributed by atoms with Crippen LogP contribution in [0.15, 0.2) is 66.7 Å². The molecule has 0 aliphatic carbocycles. The summed E-state index contributed by atoms with van der Waals surface area (Å²) in [5.74, 6) is -0.503. The maximum atomic E-state index is 13.5. The van der Waals surface area contributed by atoms with E-state index in [0.717, 1.165) is 27.3 Å². The number of ether oxygens (including phenoxy) is 1. The summed E-state index contributed by atoms with van der Waals surface area (Å²) < 4.78 is 5.38. The predicted molar refractivity (Wildman–Crippen MR) is 120 cm³/mol. The largest absolute Gasteiger partial charge is 0.497 e. The molecule has 0 unspecified atom stereocenters.